The van der Waals surface area contributed by atoms with Crippen molar-refractivity contribution in [2.75, 3.05) is 24.1 Å². The number of nitrogens with zero attached hydrogens (tertiary/aromatic N) is 3. The van der Waals surface area contributed by atoms with Gasteiger partial charge in [0, 0.05) is 31.2 Å². The maximum Gasteiger partial charge on any atom is 0.311 e. The first kappa shape index (κ1) is 16.2. The second-order valence-corrected chi connectivity index (χ2v) is 5.21. The molecular formula is C13H23N5O2. The van der Waals surface area contributed by atoms with Crippen molar-refractivity contribution in [1.29, 1.82) is 0 Å². The molecule has 7 nitrogen and oxygen atoms in total. The van der Waals surface area contributed by atoms with E-state index in [9.17, 15) is 10.1 Å². The summed E-state index contributed by atoms with van der Waals surface area (Å²) in [5.41, 5.74) is 5.52. The van der Waals surface area contributed by atoms with Gasteiger partial charge in [-0.25, -0.2) is 4.98 Å². The first-order valence-corrected chi connectivity index (χ1v) is 6.73. The van der Waals surface area contributed by atoms with Crippen LogP contribution in [0.1, 0.15) is 27.7 Å². The Morgan fingerprint density at radius 1 is 1.35 bits per heavy atom. The zero-order valence-corrected chi connectivity index (χ0v) is 12.5. The van der Waals surface area contributed by atoms with Crippen LogP contribution in [0, 0.1) is 10.1 Å². The Hall–Kier alpha value is -1.89. The molecule has 0 aromatic carbocycles. The van der Waals surface area contributed by atoms with Gasteiger partial charge in [0.25, 0.3) is 0 Å². The van der Waals surface area contributed by atoms with Gasteiger partial charge < -0.3 is 11.1 Å². The number of aromatic nitrogens is 1. The van der Waals surface area contributed by atoms with Gasteiger partial charge in [-0.1, -0.05) is 0 Å². The van der Waals surface area contributed by atoms with Gasteiger partial charge in [-0.3, -0.25) is 15.0 Å². The molecule has 0 aliphatic heterocycles. The monoisotopic (exact) mass is 281 g/mol. The smallest absolute Gasteiger partial charge is 0.311 e. The fourth-order valence-corrected chi connectivity index (χ4v) is 2.16. The summed E-state index contributed by atoms with van der Waals surface area (Å²) in [6.45, 7) is 9.86. The molecule has 0 amide bonds. The summed E-state index contributed by atoms with van der Waals surface area (Å²) in [6.07, 6.45) is 0. The molecule has 0 bridgehead atoms. The van der Waals surface area contributed by atoms with Gasteiger partial charge in [-0.05, 0) is 33.8 Å². The molecule has 7 heteroatoms. The summed E-state index contributed by atoms with van der Waals surface area (Å²) < 4.78 is 0. The average molecular weight is 281 g/mol. The van der Waals surface area contributed by atoms with Crippen molar-refractivity contribution in [3.63, 3.8) is 0 Å². The lowest BCUT2D eigenvalue weighted by Gasteiger charge is -2.30. The number of hydrogen-bond donors (Lipinski definition) is 2. The van der Waals surface area contributed by atoms with Crippen LogP contribution in [-0.4, -0.2) is 40.0 Å². The third kappa shape index (κ3) is 4.34. The Bertz CT molecular complexity index is 454. The predicted molar refractivity (Wildman–Crippen MR) is 80.8 cm³/mol. The van der Waals surface area contributed by atoms with E-state index in [0.717, 1.165) is 6.54 Å². The Balaban J connectivity index is 2.70. The van der Waals surface area contributed by atoms with Gasteiger partial charge in [0.15, 0.2) is 0 Å². The van der Waals surface area contributed by atoms with Gasteiger partial charge in [0.2, 0.25) is 5.82 Å². The summed E-state index contributed by atoms with van der Waals surface area (Å²) in [4.78, 5) is 16.7. The maximum absolute atomic E-state index is 10.9. The summed E-state index contributed by atoms with van der Waals surface area (Å²) in [5, 5.41) is 13.9. The standard InChI is InChI=1S/C13H23N5O2/c1-9(2)17(10(3)4)8-7-15-13-11(18(19)20)5-6-12(14)16-13/h5-6,9-10H,7-8H2,1-4H3,(H3,14,15,16). The van der Waals surface area contributed by atoms with E-state index in [0.29, 0.717) is 18.6 Å². The lowest BCUT2D eigenvalue weighted by atomic mass is 10.2. The lowest BCUT2D eigenvalue weighted by Crippen LogP contribution is -2.40. The van der Waals surface area contributed by atoms with E-state index < -0.39 is 4.92 Å². The number of rotatable bonds is 7. The number of hydrogen-bond acceptors (Lipinski definition) is 6. The van der Waals surface area contributed by atoms with Crippen LogP contribution in [0.15, 0.2) is 12.1 Å². The number of nitrogens with one attached hydrogen (secondary N) is 1. The highest BCUT2D eigenvalue weighted by Gasteiger charge is 2.17. The molecule has 1 rings (SSSR count). The molecule has 0 radical (unpaired) electrons. The molecule has 0 saturated heterocycles. The molecular weight excluding hydrogens is 258 g/mol. The lowest BCUT2D eigenvalue weighted by molar-refractivity contribution is -0.384. The Labute approximate surface area is 119 Å². The summed E-state index contributed by atoms with van der Waals surface area (Å²) >= 11 is 0. The molecule has 1 heterocycles. The van der Waals surface area contributed by atoms with E-state index in [1.807, 2.05) is 0 Å². The number of anilines is 2. The first-order valence-electron chi connectivity index (χ1n) is 6.73. The minimum absolute atomic E-state index is 0.0557. The molecule has 0 aliphatic rings. The van der Waals surface area contributed by atoms with E-state index in [-0.39, 0.29) is 17.3 Å². The summed E-state index contributed by atoms with van der Waals surface area (Å²) in [5.74, 6) is 0.491. The fraction of sp³-hybridized carbons (Fsp3) is 0.615. The quantitative estimate of drug-likeness (QED) is 0.586. The molecule has 0 atom stereocenters. The number of nitrogen functional groups attached to an aromatic ring is 1. The number of nitro groups is 1. The zero-order valence-electron chi connectivity index (χ0n) is 12.5. The number of pyridine rings is 1. The first-order chi connectivity index (χ1) is 9.32. The zero-order chi connectivity index (χ0) is 15.3. The van der Waals surface area contributed by atoms with Crippen molar-refractivity contribution < 1.29 is 4.92 Å². The van der Waals surface area contributed by atoms with Crippen molar-refractivity contribution in [2.45, 2.75) is 39.8 Å². The maximum atomic E-state index is 10.9. The SMILES string of the molecule is CC(C)N(CCNc1nc(N)ccc1[N+](=O)[O-])C(C)C. The van der Waals surface area contributed by atoms with Crippen LogP contribution in [0.2, 0.25) is 0 Å². The second-order valence-electron chi connectivity index (χ2n) is 5.21. The largest absolute Gasteiger partial charge is 0.384 e. The molecule has 112 valence electrons. The molecule has 1 aromatic heterocycles. The van der Waals surface area contributed by atoms with Gasteiger partial charge in [0.1, 0.15) is 5.82 Å². The highest BCUT2D eigenvalue weighted by Crippen LogP contribution is 2.22. The van der Waals surface area contributed by atoms with Gasteiger partial charge in [-0.2, -0.15) is 0 Å². The van der Waals surface area contributed by atoms with E-state index in [1.54, 1.807) is 0 Å². The van der Waals surface area contributed by atoms with Crippen molar-refractivity contribution in [3.05, 3.63) is 22.2 Å². The van der Waals surface area contributed by atoms with Crippen LogP contribution in [-0.2, 0) is 0 Å². The van der Waals surface area contributed by atoms with Crippen molar-refractivity contribution in [3.8, 4) is 0 Å². The van der Waals surface area contributed by atoms with E-state index in [1.165, 1.54) is 12.1 Å². The van der Waals surface area contributed by atoms with Crippen LogP contribution >= 0.6 is 0 Å². The van der Waals surface area contributed by atoms with Crippen LogP contribution < -0.4 is 11.1 Å². The molecule has 0 spiro atoms. The fourth-order valence-electron chi connectivity index (χ4n) is 2.16. The Morgan fingerprint density at radius 3 is 2.45 bits per heavy atom. The summed E-state index contributed by atoms with van der Waals surface area (Å²) in [7, 11) is 0. The minimum atomic E-state index is -0.461. The Kier molecular flexibility index (Phi) is 5.69. The van der Waals surface area contributed by atoms with Crippen LogP contribution in [0.25, 0.3) is 0 Å². The third-order valence-electron chi connectivity index (χ3n) is 3.08. The summed E-state index contributed by atoms with van der Waals surface area (Å²) in [6, 6.07) is 3.63. The predicted octanol–water partition coefficient (Wildman–Crippen LogP) is 2.10. The molecule has 0 fully saturated rings. The molecule has 0 aliphatic carbocycles. The van der Waals surface area contributed by atoms with E-state index >= 15 is 0 Å². The third-order valence-corrected chi connectivity index (χ3v) is 3.08. The highest BCUT2D eigenvalue weighted by molar-refractivity contribution is 5.59. The van der Waals surface area contributed by atoms with E-state index in [2.05, 4.69) is 42.9 Å². The van der Waals surface area contributed by atoms with Crippen LogP contribution in [0.5, 0.6) is 0 Å². The second kappa shape index (κ2) is 7.04. The van der Waals surface area contributed by atoms with Crippen molar-refractivity contribution in [1.82, 2.24) is 9.88 Å². The van der Waals surface area contributed by atoms with E-state index in [4.69, 9.17) is 5.73 Å². The van der Waals surface area contributed by atoms with Gasteiger partial charge >= 0.3 is 5.69 Å². The minimum Gasteiger partial charge on any atom is -0.384 e. The molecule has 0 saturated carbocycles. The van der Waals surface area contributed by atoms with Crippen molar-refractivity contribution in [2.24, 2.45) is 0 Å². The van der Waals surface area contributed by atoms with Crippen molar-refractivity contribution >= 4 is 17.3 Å². The Morgan fingerprint density at radius 2 is 1.95 bits per heavy atom. The number of nitrogens with two attached hydrogens (primary N) is 1. The van der Waals surface area contributed by atoms with Crippen LogP contribution in [0.3, 0.4) is 0 Å². The van der Waals surface area contributed by atoms with Gasteiger partial charge in [0.05, 0.1) is 4.92 Å². The van der Waals surface area contributed by atoms with Gasteiger partial charge in [-0.15, -0.1) is 0 Å². The normalized spacial score (nSPS) is 11.3. The highest BCUT2D eigenvalue weighted by atomic mass is 16.6. The average Bonchev–Trinajstić information content (AvgIpc) is 2.33. The molecule has 0 unspecified atom stereocenters. The molecule has 20 heavy (non-hydrogen) atoms. The topological polar surface area (TPSA) is 97.3 Å². The molecule has 1 aromatic rings. The van der Waals surface area contributed by atoms with Crippen LogP contribution in [0.4, 0.5) is 17.3 Å². The molecule has 3 N–H and O–H groups in total.